The van der Waals surface area contributed by atoms with Crippen LogP contribution in [0.5, 0.6) is 5.75 Å². The lowest BCUT2D eigenvalue weighted by atomic mass is 10.2. The molecular weight excluding hydrogens is 356 g/mol. The Morgan fingerprint density at radius 1 is 1.26 bits per heavy atom. The fraction of sp³-hybridized carbons (Fsp3) is 0.611. The summed E-state index contributed by atoms with van der Waals surface area (Å²) in [6, 6.07) is 7.78. The standard InChI is InChI=1S/C18H27BrN2O2/c1-15(2)14-20-8-10-21(11-9-20)18(22)7-4-12-23-17-6-3-5-16(19)13-17/h3,5-6,13,15H,4,7-12,14H2,1-2H3. The molecule has 0 aromatic heterocycles. The highest BCUT2D eigenvalue weighted by atomic mass is 79.9. The van der Waals surface area contributed by atoms with Gasteiger partial charge in [0.1, 0.15) is 5.75 Å². The highest BCUT2D eigenvalue weighted by Crippen LogP contribution is 2.18. The predicted octanol–water partition coefficient (Wildman–Crippen LogP) is 3.41. The molecule has 1 heterocycles. The Morgan fingerprint density at radius 2 is 2.00 bits per heavy atom. The van der Waals surface area contributed by atoms with Crippen LogP contribution >= 0.6 is 15.9 Å². The van der Waals surface area contributed by atoms with Crippen molar-refractivity contribution < 1.29 is 9.53 Å². The highest BCUT2D eigenvalue weighted by molar-refractivity contribution is 9.10. The fourth-order valence-corrected chi connectivity index (χ4v) is 3.20. The molecule has 1 saturated heterocycles. The zero-order valence-corrected chi connectivity index (χ0v) is 15.7. The summed E-state index contributed by atoms with van der Waals surface area (Å²) in [4.78, 5) is 16.7. The molecule has 0 spiro atoms. The van der Waals surface area contributed by atoms with Crippen LogP contribution < -0.4 is 4.74 Å². The van der Waals surface area contributed by atoms with E-state index in [1.807, 2.05) is 29.2 Å². The number of carbonyl (C=O) groups is 1. The summed E-state index contributed by atoms with van der Waals surface area (Å²) in [6.07, 6.45) is 1.33. The second-order valence-electron chi connectivity index (χ2n) is 6.48. The van der Waals surface area contributed by atoms with Gasteiger partial charge in [-0.3, -0.25) is 9.69 Å². The van der Waals surface area contributed by atoms with Crippen molar-refractivity contribution in [3.63, 3.8) is 0 Å². The number of amides is 1. The number of hydrogen-bond acceptors (Lipinski definition) is 3. The number of rotatable bonds is 7. The van der Waals surface area contributed by atoms with Crippen LogP contribution in [0.3, 0.4) is 0 Å². The molecule has 0 N–H and O–H groups in total. The molecule has 1 aliphatic heterocycles. The molecule has 0 saturated carbocycles. The Morgan fingerprint density at radius 3 is 2.65 bits per heavy atom. The molecule has 23 heavy (non-hydrogen) atoms. The van der Waals surface area contributed by atoms with E-state index in [4.69, 9.17) is 4.74 Å². The Hall–Kier alpha value is -1.07. The Labute approximate surface area is 147 Å². The molecule has 1 aromatic carbocycles. The van der Waals surface area contributed by atoms with E-state index in [0.29, 0.717) is 18.9 Å². The summed E-state index contributed by atoms with van der Waals surface area (Å²) in [7, 11) is 0. The molecule has 4 nitrogen and oxygen atoms in total. The van der Waals surface area contributed by atoms with E-state index in [1.165, 1.54) is 0 Å². The van der Waals surface area contributed by atoms with Crippen molar-refractivity contribution in [1.82, 2.24) is 9.80 Å². The first kappa shape index (κ1) is 18.3. The number of benzene rings is 1. The van der Waals surface area contributed by atoms with Crippen molar-refractivity contribution in [2.24, 2.45) is 5.92 Å². The largest absolute Gasteiger partial charge is 0.494 e. The van der Waals surface area contributed by atoms with Gasteiger partial charge in [0.15, 0.2) is 0 Å². The van der Waals surface area contributed by atoms with Gasteiger partial charge in [0.25, 0.3) is 0 Å². The molecule has 1 aliphatic rings. The topological polar surface area (TPSA) is 32.8 Å². The third kappa shape index (κ3) is 6.51. The van der Waals surface area contributed by atoms with Crippen LogP contribution in [0.15, 0.2) is 28.7 Å². The third-order valence-corrected chi connectivity index (χ3v) is 4.44. The first-order chi connectivity index (χ1) is 11.0. The van der Waals surface area contributed by atoms with Gasteiger partial charge in [0.2, 0.25) is 5.91 Å². The van der Waals surface area contributed by atoms with Gasteiger partial charge in [-0.05, 0) is 30.5 Å². The summed E-state index contributed by atoms with van der Waals surface area (Å²) in [5.41, 5.74) is 0. The normalized spacial score (nSPS) is 15.9. The predicted molar refractivity (Wildman–Crippen MR) is 96.7 cm³/mol. The van der Waals surface area contributed by atoms with Crippen molar-refractivity contribution in [3.8, 4) is 5.75 Å². The van der Waals surface area contributed by atoms with E-state index in [1.54, 1.807) is 0 Å². The second-order valence-corrected chi connectivity index (χ2v) is 7.40. The monoisotopic (exact) mass is 382 g/mol. The van der Waals surface area contributed by atoms with Gasteiger partial charge in [0, 0.05) is 43.6 Å². The minimum atomic E-state index is 0.257. The number of hydrogen-bond donors (Lipinski definition) is 0. The van der Waals surface area contributed by atoms with Crippen molar-refractivity contribution in [3.05, 3.63) is 28.7 Å². The van der Waals surface area contributed by atoms with E-state index in [-0.39, 0.29) is 5.91 Å². The van der Waals surface area contributed by atoms with Crippen molar-refractivity contribution >= 4 is 21.8 Å². The van der Waals surface area contributed by atoms with Gasteiger partial charge in [-0.25, -0.2) is 0 Å². The summed E-state index contributed by atoms with van der Waals surface area (Å²) in [5.74, 6) is 1.79. The molecular formula is C18H27BrN2O2. The Kier molecular flexibility index (Phi) is 7.37. The van der Waals surface area contributed by atoms with Gasteiger partial charge in [-0.1, -0.05) is 35.8 Å². The number of ether oxygens (including phenoxy) is 1. The maximum atomic E-state index is 12.2. The van der Waals surface area contributed by atoms with Crippen molar-refractivity contribution in [2.75, 3.05) is 39.3 Å². The van der Waals surface area contributed by atoms with Crippen LogP contribution in [0.25, 0.3) is 0 Å². The highest BCUT2D eigenvalue weighted by Gasteiger charge is 2.20. The SMILES string of the molecule is CC(C)CN1CCN(C(=O)CCCOc2cccc(Br)c2)CC1. The Balaban J connectivity index is 1.62. The van der Waals surface area contributed by atoms with Crippen LogP contribution in [0.1, 0.15) is 26.7 Å². The zero-order chi connectivity index (χ0) is 16.7. The molecule has 0 atom stereocenters. The lowest BCUT2D eigenvalue weighted by molar-refractivity contribution is -0.133. The van der Waals surface area contributed by atoms with Crippen molar-refractivity contribution in [1.29, 1.82) is 0 Å². The first-order valence-corrected chi connectivity index (χ1v) is 9.22. The molecule has 0 aliphatic carbocycles. The van der Waals surface area contributed by atoms with Gasteiger partial charge in [-0.15, -0.1) is 0 Å². The summed E-state index contributed by atoms with van der Waals surface area (Å²) >= 11 is 3.42. The van der Waals surface area contributed by atoms with Gasteiger partial charge < -0.3 is 9.64 Å². The molecule has 0 radical (unpaired) electrons. The van der Waals surface area contributed by atoms with E-state index < -0.39 is 0 Å². The molecule has 128 valence electrons. The number of halogens is 1. The summed E-state index contributed by atoms with van der Waals surface area (Å²) in [5, 5.41) is 0. The maximum absolute atomic E-state index is 12.2. The molecule has 5 heteroatoms. The quantitative estimate of drug-likeness (QED) is 0.677. The molecule has 1 aromatic rings. The summed E-state index contributed by atoms with van der Waals surface area (Å²) < 4.78 is 6.68. The molecule has 2 rings (SSSR count). The van der Waals surface area contributed by atoms with Gasteiger partial charge in [0.05, 0.1) is 6.61 Å². The van der Waals surface area contributed by atoms with Gasteiger partial charge in [-0.2, -0.15) is 0 Å². The van der Waals surface area contributed by atoms with Crippen LogP contribution in [-0.4, -0.2) is 55.0 Å². The van der Waals surface area contributed by atoms with Gasteiger partial charge >= 0.3 is 0 Å². The molecule has 1 fully saturated rings. The van der Waals surface area contributed by atoms with Crippen LogP contribution in [0.4, 0.5) is 0 Å². The maximum Gasteiger partial charge on any atom is 0.222 e. The van der Waals surface area contributed by atoms with E-state index in [9.17, 15) is 4.79 Å². The smallest absolute Gasteiger partial charge is 0.222 e. The first-order valence-electron chi connectivity index (χ1n) is 8.43. The molecule has 0 bridgehead atoms. The Bertz CT molecular complexity index is 500. The van der Waals surface area contributed by atoms with Crippen molar-refractivity contribution in [2.45, 2.75) is 26.7 Å². The van der Waals surface area contributed by atoms with Crippen LogP contribution in [0.2, 0.25) is 0 Å². The molecule has 1 amide bonds. The lowest BCUT2D eigenvalue weighted by Crippen LogP contribution is -2.49. The van der Waals surface area contributed by atoms with E-state index in [0.717, 1.165) is 49.4 Å². The lowest BCUT2D eigenvalue weighted by Gasteiger charge is -2.35. The fourth-order valence-electron chi connectivity index (χ4n) is 2.82. The minimum Gasteiger partial charge on any atom is -0.494 e. The van der Waals surface area contributed by atoms with Crippen LogP contribution in [0, 0.1) is 5.92 Å². The number of piperazine rings is 1. The minimum absolute atomic E-state index is 0.257. The average molecular weight is 383 g/mol. The van der Waals surface area contributed by atoms with E-state index >= 15 is 0 Å². The van der Waals surface area contributed by atoms with Crippen LogP contribution in [-0.2, 0) is 4.79 Å². The molecule has 0 unspecified atom stereocenters. The summed E-state index contributed by atoms with van der Waals surface area (Å²) in [6.45, 7) is 9.90. The van der Waals surface area contributed by atoms with E-state index in [2.05, 4.69) is 34.7 Å². The second kappa shape index (κ2) is 9.28. The zero-order valence-electron chi connectivity index (χ0n) is 14.1. The number of carbonyl (C=O) groups excluding carboxylic acids is 1. The average Bonchev–Trinajstić information content (AvgIpc) is 2.51. The third-order valence-electron chi connectivity index (χ3n) is 3.95. The number of nitrogens with zero attached hydrogens (tertiary/aromatic N) is 2.